The Bertz CT molecular complexity index is 376. The van der Waals surface area contributed by atoms with Gasteiger partial charge in [-0.05, 0) is 31.2 Å². The molecule has 0 aromatic heterocycles. The molecule has 1 amide bonds. The SMILES string of the molecule is COc1ccc(OCCN(C)C(=O)[C@H](C)N)cc1. The van der Waals surface area contributed by atoms with E-state index in [2.05, 4.69) is 0 Å². The van der Waals surface area contributed by atoms with Crippen LogP contribution in [0.3, 0.4) is 0 Å². The van der Waals surface area contributed by atoms with E-state index in [1.807, 2.05) is 24.3 Å². The van der Waals surface area contributed by atoms with Crippen LogP contribution in [0, 0.1) is 0 Å². The van der Waals surface area contributed by atoms with Gasteiger partial charge in [-0.15, -0.1) is 0 Å². The van der Waals surface area contributed by atoms with Gasteiger partial charge >= 0.3 is 0 Å². The Morgan fingerprint density at radius 1 is 1.33 bits per heavy atom. The highest BCUT2D eigenvalue weighted by Crippen LogP contribution is 2.16. The summed E-state index contributed by atoms with van der Waals surface area (Å²) in [5, 5.41) is 0. The number of methoxy groups -OCH3 is 1. The fourth-order valence-corrected chi connectivity index (χ4v) is 1.43. The van der Waals surface area contributed by atoms with Crippen LogP contribution in [0.15, 0.2) is 24.3 Å². The van der Waals surface area contributed by atoms with E-state index in [4.69, 9.17) is 15.2 Å². The summed E-state index contributed by atoms with van der Waals surface area (Å²) in [4.78, 5) is 13.1. The summed E-state index contributed by atoms with van der Waals surface area (Å²) in [6.45, 7) is 2.61. The summed E-state index contributed by atoms with van der Waals surface area (Å²) in [5.41, 5.74) is 5.51. The minimum Gasteiger partial charge on any atom is -0.497 e. The highest BCUT2D eigenvalue weighted by atomic mass is 16.5. The van der Waals surface area contributed by atoms with Gasteiger partial charge < -0.3 is 20.1 Å². The smallest absolute Gasteiger partial charge is 0.239 e. The van der Waals surface area contributed by atoms with E-state index >= 15 is 0 Å². The van der Waals surface area contributed by atoms with Crippen LogP contribution in [0.2, 0.25) is 0 Å². The van der Waals surface area contributed by atoms with Crippen molar-refractivity contribution < 1.29 is 14.3 Å². The van der Waals surface area contributed by atoms with Crippen LogP contribution in [-0.2, 0) is 4.79 Å². The van der Waals surface area contributed by atoms with E-state index in [9.17, 15) is 4.79 Å². The second-order valence-corrected chi connectivity index (χ2v) is 4.07. The molecule has 18 heavy (non-hydrogen) atoms. The van der Waals surface area contributed by atoms with Crippen molar-refractivity contribution in [3.05, 3.63) is 24.3 Å². The van der Waals surface area contributed by atoms with Crippen molar-refractivity contribution in [2.75, 3.05) is 27.3 Å². The highest BCUT2D eigenvalue weighted by molar-refractivity contribution is 5.80. The van der Waals surface area contributed by atoms with Crippen molar-refractivity contribution >= 4 is 5.91 Å². The maximum Gasteiger partial charge on any atom is 0.239 e. The number of carbonyl (C=O) groups excluding carboxylic acids is 1. The number of nitrogens with two attached hydrogens (primary N) is 1. The number of rotatable bonds is 6. The monoisotopic (exact) mass is 252 g/mol. The van der Waals surface area contributed by atoms with Crippen molar-refractivity contribution in [2.45, 2.75) is 13.0 Å². The van der Waals surface area contributed by atoms with Gasteiger partial charge in [0.15, 0.2) is 0 Å². The molecule has 0 heterocycles. The topological polar surface area (TPSA) is 64.8 Å². The standard InChI is InChI=1S/C13H20N2O3/c1-10(14)13(16)15(2)8-9-18-12-6-4-11(17-3)5-7-12/h4-7,10H,8-9,14H2,1-3H3/t10-/m0/s1. The maximum atomic E-state index is 11.5. The van der Waals surface area contributed by atoms with E-state index in [0.717, 1.165) is 11.5 Å². The first kappa shape index (κ1) is 14.3. The molecule has 1 rings (SSSR count). The van der Waals surface area contributed by atoms with Gasteiger partial charge in [0.05, 0.1) is 19.7 Å². The van der Waals surface area contributed by atoms with Crippen LogP contribution in [0.5, 0.6) is 11.5 Å². The zero-order valence-electron chi connectivity index (χ0n) is 11.1. The van der Waals surface area contributed by atoms with E-state index in [1.165, 1.54) is 0 Å². The van der Waals surface area contributed by atoms with E-state index in [-0.39, 0.29) is 5.91 Å². The Labute approximate surface area is 107 Å². The first-order valence-electron chi connectivity index (χ1n) is 5.82. The molecule has 1 atom stereocenters. The molecule has 0 unspecified atom stereocenters. The zero-order valence-corrected chi connectivity index (χ0v) is 11.1. The van der Waals surface area contributed by atoms with Gasteiger partial charge in [0.1, 0.15) is 18.1 Å². The van der Waals surface area contributed by atoms with Crippen LogP contribution in [-0.4, -0.2) is 44.2 Å². The third-order valence-electron chi connectivity index (χ3n) is 2.52. The molecule has 0 aliphatic rings. The second kappa shape index (κ2) is 6.86. The molecule has 0 fully saturated rings. The molecule has 0 radical (unpaired) electrons. The summed E-state index contributed by atoms with van der Waals surface area (Å²) < 4.78 is 10.6. The lowest BCUT2D eigenvalue weighted by molar-refractivity contribution is -0.131. The number of amides is 1. The number of benzene rings is 1. The van der Waals surface area contributed by atoms with Crippen molar-refractivity contribution in [2.24, 2.45) is 5.73 Å². The summed E-state index contributed by atoms with van der Waals surface area (Å²) in [5.74, 6) is 1.44. The van der Waals surface area contributed by atoms with Gasteiger partial charge in [0, 0.05) is 7.05 Å². The Kier molecular flexibility index (Phi) is 5.45. The molecule has 0 aliphatic heterocycles. The van der Waals surface area contributed by atoms with Crippen LogP contribution in [0.25, 0.3) is 0 Å². The number of carbonyl (C=O) groups is 1. The van der Waals surface area contributed by atoms with Gasteiger partial charge in [-0.25, -0.2) is 0 Å². The molecule has 0 spiro atoms. The van der Waals surface area contributed by atoms with Gasteiger partial charge in [-0.2, -0.15) is 0 Å². The molecule has 5 heteroatoms. The predicted octanol–water partition coefficient (Wildman–Crippen LogP) is 0.880. The van der Waals surface area contributed by atoms with Crippen LogP contribution >= 0.6 is 0 Å². The molecular formula is C13H20N2O3. The van der Waals surface area contributed by atoms with E-state index in [1.54, 1.807) is 26.0 Å². The normalized spacial score (nSPS) is 11.8. The summed E-state index contributed by atoms with van der Waals surface area (Å²) in [6.07, 6.45) is 0. The van der Waals surface area contributed by atoms with Crippen LogP contribution in [0.1, 0.15) is 6.92 Å². The van der Waals surface area contributed by atoms with Gasteiger partial charge in [-0.3, -0.25) is 4.79 Å². The largest absolute Gasteiger partial charge is 0.497 e. The Hall–Kier alpha value is -1.75. The van der Waals surface area contributed by atoms with Crippen molar-refractivity contribution in [1.29, 1.82) is 0 Å². The lowest BCUT2D eigenvalue weighted by Crippen LogP contribution is -2.41. The first-order chi connectivity index (χ1) is 8.54. The number of nitrogens with zero attached hydrogens (tertiary/aromatic N) is 1. The maximum absolute atomic E-state index is 11.5. The second-order valence-electron chi connectivity index (χ2n) is 4.07. The van der Waals surface area contributed by atoms with Crippen molar-refractivity contribution in [3.63, 3.8) is 0 Å². The Morgan fingerprint density at radius 2 is 1.89 bits per heavy atom. The average Bonchev–Trinajstić information content (AvgIpc) is 2.38. The van der Waals surface area contributed by atoms with E-state index in [0.29, 0.717) is 13.2 Å². The Balaban J connectivity index is 2.34. The number of hydrogen-bond acceptors (Lipinski definition) is 4. The van der Waals surface area contributed by atoms with Crippen molar-refractivity contribution in [1.82, 2.24) is 4.90 Å². The Morgan fingerprint density at radius 3 is 2.39 bits per heavy atom. The minimum absolute atomic E-state index is 0.0895. The third-order valence-corrected chi connectivity index (χ3v) is 2.52. The van der Waals surface area contributed by atoms with Gasteiger partial charge in [0.2, 0.25) is 5.91 Å². The lowest BCUT2D eigenvalue weighted by atomic mass is 10.3. The summed E-state index contributed by atoms with van der Waals surface area (Å²) in [7, 11) is 3.33. The first-order valence-corrected chi connectivity index (χ1v) is 5.82. The molecular weight excluding hydrogens is 232 g/mol. The molecule has 1 aromatic carbocycles. The van der Waals surface area contributed by atoms with Crippen LogP contribution < -0.4 is 15.2 Å². The average molecular weight is 252 g/mol. The van der Waals surface area contributed by atoms with Crippen molar-refractivity contribution in [3.8, 4) is 11.5 Å². The molecule has 5 nitrogen and oxygen atoms in total. The fourth-order valence-electron chi connectivity index (χ4n) is 1.43. The zero-order chi connectivity index (χ0) is 13.5. The predicted molar refractivity (Wildman–Crippen MR) is 69.8 cm³/mol. The molecule has 0 saturated heterocycles. The molecule has 100 valence electrons. The third kappa shape index (κ3) is 4.25. The quantitative estimate of drug-likeness (QED) is 0.816. The molecule has 0 saturated carbocycles. The van der Waals surface area contributed by atoms with E-state index < -0.39 is 6.04 Å². The number of likely N-dealkylation sites (N-methyl/N-ethyl adjacent to an activating group) is 1. The number of ether oxygens (including phenoxy) is 2. The molecule has 0 bridgehead atoms. The molecule has 2 N–H and O–H groups in total. The summed E-state index contributed by atoms with van der Waals surface area (Å²) >= 11 is 0. The fraction of sp³-hybridized carbons (Fsp3) is 0.462. The van der Waals surface area contributed by atoms with Gasteiger partial charge in [-0.1, -0.05) is 0 Å². The lowest BCUT2D eigenvalue weighted by Gasteiger charge is -2.19. The minimum atomic E-state index is -0.476. The molecule has 1 aromatic rings. The highest BCUT2D eigenvalue weighted by Gasteiger charge is 2.12. The number of hydrogen-bond donors (Lipinski definition) is 1. The van der Waals surface area contributed by atoms with Gasteiger partial charge in [0.25, 0.3) is 0 Å². The van der Waals surface area contributed by atoms with Crippen LogP contribution in [0.4, 0.5) is 0 Å². The summed E-state index contributed by atoms with van der Waals surface area (Å²) in [6, 6.07) is 6.83. The molecule has 0 aliphatic carbocycles.